The number of aliphatic hydroxyl groups excluding tert-OH is 1. The van der Waals surface area contributed by atoms with E-state index in [0.717, 1.165) is 12.1 Å². The van der Waals surface area contributed by atoms with E-state index in [9.17, 15) is 18.7 Å². The predicted octanol–water partition coefficient (Wildman–Crippen LogP) is 3.00. The molecule has 0 saturated heterocycles. The van der Waals surface area contributed by atoms with Gasteiger partial charge in [0.1, 0.15) is 17.4 Å². The van der Waals surface area contributed by atoms with Crippen molar-refractivity contribution in [3.8, 4) is 0 Å². The van der Waals surface area contributed by atoms with Crippen molar-refractivity contribution < 1.29 is 18.7 Å². The highest BCUT2D eigenvalue weighted by molar-refractivity contribution is 5.89. The average molecular weight is 254 g/mol. The van der Waals surface area contributed by atoms with E-state index in [4.69, 9.17) is 0 Å². The number of carbonyl (C=O) groups is 1. The van der Waals surface area contributed by atoms with Crippen LogP contribution in [0.15, 0.2) is 18.2 Å². The molecule has 1 aromatic rings. The van der Waals surface area contributed by atoms with Gasteiger partial charge in [0, 0.05) is 17.5 Å². The fourth-order valence-electron chi connectivity index (χ4n) is 2.39. The molecule has 4 heteroatoms. The number of aliphatic hydroxyl groups is 1. The Morgan fingerprint density at radius 1 is 1.33 bits per heavy atom. The van der Waals surface area contributed by atoms with Crippen molar-refractivity contribution in [1.82, 2.24) is 0 Å². The van der Waals surface area contributed by atoms with Crippen molar-refractivity contribution in [1.29, 1.82) is 0 Å². The molecule has 0 bridgehead atoms. The van der Waals surface area contributed by atoms with E-state index in [2.05, 4.69) is 0 Å². The molecular formula is C14H16F2O2. The van der Waals surface area contributed by atoms with Crippen LogP contribution in [-0.2, 0) is 4.79 Å². The molecule has 1 aliphatic rings. The van der Waals surface area contributed by atoms with Gasteiger partial charge >= 0.3 is 0 Å². The highest BCUT2D eigenvalue weighted by Crippen LogP contribution is 2.57. The molecule has 0 heterocycles. The van der Waals surface area contributed by atoms with Gasteiger partial charge in [0.2, 0.25) is 0 Å². The summed E-state index contributed by atoms with van der Waals surface area (Å²) in [7, 11) is 0. The molecule has 1 saturated carbocycles. The normalized spacial score (nSPS) is 18.8. The second-order valence-corrected chi connectivity index (χ2v) is 5.24. The zero-order valence-corrected chi connectivity index (χ0v) is 10.4. The quantitative estimate of drug-likeness (QED) is 0.896. The molecule has 1 fully saturated rings. The van der Waals surface area contributed by atoms with Crippen LogP contribution >= 0.6 is 0 Å². The third-order valence-corrected chi connectivity index (χ3v) is 3.58. The minimum Gasteiger partial charge on any atom is -0.387 e. The molecule has 2 nitrogen and oxygen atoms in total. The number of halogens is 2. The molecule has 1 aromatic carbocycles. The van der Waals surface area contributed by atoms with Crippen LogP contribution in [0.5, 0.6) is 0 Å². The zero-order valence-electron chi connectivity index (χ0n) is 10.4. The summed E-state index contributed by atoms with van der Waals surface area (Å²) >= 11 is 0. The molecular weight excluding hydrogens is 238 g/mol. The Balaban J connectivity index is 2.31. The van der Waals surface area contributed by atoms with Gasteiger partial charge in [0.05, 0.1) is 11.5 Å². The number of hydrogen-bond acceptors (Lipinski definition) is 2. The topological polar surface area (TPSA) is 37.3 Å². The molecule has 2 rings (SSSR count). The molecule has 0 spiro atoms. The Labute approximate surface area is 105 Å². The third kappa shape index (κ3) is 2.05. The van der Waals surface area contributed by atoms with Crippen molar-refractivity contribution in [3.05, 3.63) is 35.4 Å². The highest BCUT2D eigenvalue weighted by Gasteiger charge is 2.56. The fraction of sp³-hybridized carbons (Fsp3) is 0.500. The first-order valence-electron chi connectivity index (χ1n) is 6.06. The molecule has 1 N–H and O–H groups in total. The van der Waals surface area contributed by atoms with Crippen molar-refractivity contribution in [2.45, 2.75) is 32.8 Å². The minimum atomic E-state index is -1.19. The maximum absolute atomic E-state index is 13.6. The predicted molar refractivity (Wildman–Crippen MR) is 62.8 cm³/mol. The van der Waals surface area contributed by atoms with Gasteiger partial charge in [-0.15, -0.1) is 0 Å². The lowest BCUT2D eigenvalue weighted by atomic mass is 9.84. The first-order valence-corrected chi connectivity index (χ1v) is 6.06. The molecule has 18 heavy (non-hydrogen) atoms. The third-order valence-electron chi connectivity index (χ3n) is 3.58. The number of Topliss-reactive ketones (excluding diaryl/α,β-unsaturated/α-hetero) is 1. The van der Waals surface area contributed by atoms with E-state index < -0.39 is 23.2 Å². The molecule has 0 aliphatic heterocycles. The van der Waals surface area contributed by atoms with Gasteiger partial charge in [-0.3, -0.25) is 4.79 Å². The summed E-state index contributed by atoms with van der Waals surface area (Å²) in [6, 6.07) is 3.04. The molecule has 0 radical (unpaired) electrons. The summed E-state index contributed by atoms with van der Waals surface area (Å²) in [6.45, 7) is 3.52. The van der Waals surface area contributed by atoms with Gasteiger partial charge in [-0.2, -0.15) is 0 Å². The summed E-state index contributed by atoms with van der Waals surface area (Å²) in [4.78, 5) is 12.1. The average Bonchev–Trinajstić information content (AvgIpc) is 3.08. The number of hydrogen-bond donors (Lipinski definition) is 1. The van der Waals surface area contributed by atoms with Crippen LogP contribution in [0.2, 0.25) is 0 Å². The number of benzene rings is 1. The summed E-state index contributed by atoms with van der Waals surface area (Å²) in [5.41, 5.74) is -0.866. The molecule has 1 atom stereocenters. The zero-order chi connectivity index (χ0) is 13.5. The maximum Gasteiger partial charge on any atom is 0.144 e. The van der Waals surface area contributed by atoms with Crippen LogP contribution in [0.1, 0.15) is 38.4 Å². The summed E-state index contributed by atoms with van der Waals surface area (Å²) in [6.07, 6.45) is -0.0720. The van der Waals surface area contributed by atoms with E-state index in [1.807, 2.05) is 0 Å². The van der Waals surface area contributed by atoms with E-state index >= 15 is 0 Å². The van der Waals surface area contributed by atoms with E-state index in [0.29, 0.717) is 12.8 Å². The van der Waals surface area contributed by atoms with Crippen molar-refractivity contribution in [2.24, 2.45) is 11.3 Å². The second-order valence-electron chi connectivity index (χ2n) is 5.24. The lowest BCUT2D eigenvalue weighted by Crippen LogP contribution is -2.28. The Morgan fingerprint density at radius 2 is 1.94 bits per heavy atom. The first kappa shape index (κ1) is 13.1. The largest absolute Gasteiger partial charge is 0.387 e. The Bertz CT molecular complexity index is 479. The monoisotopic (exact) mass is 254 g/mol. The smallest absolute Gasteiger partial charge is 0.144 e. The van der Waals surface area contributed by atoms with Crippen LogP contribution in [-0.4, -0.2) is 10.9 Å². The van der Waals surface area contributed by atoms with Crippen molar-refractivity contribution in [2.75, 3.05) is 0 Å². The van der Waals surface area contributed by atoms with Crippen LogP contribution < -0.4 is 0 Å². The van der Waals surface area contributed by atoms with Crippen LogP contribution in [0.3, 0.4) is 0 Å². The van der Waals surface area contributed by atoms with E-state index in [1.165, 1.54) is 6.07 Å². The highest BCUT2D eigenvalue weighted by atomic mass is 19.1. The van der Waals surface area contributed by atoms with E-state index in [-0.39, 0.29) is 17.3 Å². The van der Waals surface area contributed by atoms with Crippen LogP contribution in [0, 0.1) is 23.0 Å². The molecule has 1 unspecified atom stereocenters. The number of carbonyl (C=O) groups excluding carboxylic acids is 1. The Morgan fingerprint density at radius 3 is 2.39 bits per heavy atom. The van der Waals surface area contributed by atoms with Gasteiger partial charge in [-0.05, 0) is 18.9 Å². The van der Waals surface area contributed by atoms with Gasteiger partial charge in [0.25, 0.3) is 0 Å². The SMILES string of the molecule is CC(C)C(=O)C1(C(O)c2ccc(F)cc2F)CC1. The second kappa shape index (κ2) is 4.43. The number of rotatable bonds is 4. The van der Waals surface area contributed by atoms with Gasteiger partial charge in [0.15, 0.2) is 0 Å². The van der Waals surface area contributed by atoms with Gasteiger partial charge in [-0.1, -0.05) is 19.9 Å². The summed E-state index contributed by atoms with van der Waals surface area (Å²) in [5, 5.41) is 10.2. The molecule has 1 aliphatic carbocycles. The number of ketones is 1. The van der Waals surface area contributed by atoms with Crippen molar-refractivity contribution in [3.63, 3.8) is 0 Å². The van der Waals surface area contributed by atoms with Crippen LogP contribution in [0.4, 0.5) is 8.78 Å². The van der Waals surface area contributed by atoms with Crippen molar-refractivity contribution >= 4 is 5.78 Å². The maximum atomic E-state index is 13.6. The van der Waals surface area contributed by atoms with Gasteiger partial charge < -0.3 is 5.11 Å². The first-order chi connectivity index (χ1) is 8.38. The molecule has 98 valence electrons. The van der Waals surface area contributed by atoms with E-state index in [1.54, 1.807) is 13.8 Å². The van der Waals surface area contributed by atoms with Crippen LogP contribution in [0.25, 0.3) is 0 Å². The lowest BCUT2D eigenvalue weighted by Gasteiger charge is -2.23. The lowest BCUT2D eigenvalue weighted by molar-refractivity contribution is -0.131. The minimum absolute atomic E-state index is 0.00269. The Hall–Kier alpha value is -1.29. The van der Waals surface area contributed by atoms with Gasteiger partial charge in [-0.25, -0.2) is 8.78 Å². The summed E-state index contributed by atoms with van der Waals surface area (Å²) in [5.74, 6) is -1.75. The Kier molecular flexibility index (Phi) is 3.23. The summed E-state index contributed by atoms with van der Waals surface area (Å²) < 4.78 is 26.4. The molecule has 0 amide bonds. The fourth-order valence-corrected chi connectivity index (χ4v) is 2.39. The standard InChI is InChI=1S/C14H16F2O2/c1-8(2)12(17)14(5-6-14)13(18)10-4-3-9(15)7-11(10)16/h3-4,7-8,13,18H,5-6H2,1-2H3. The molecule has 0 aromatic heterocycles.